The fraction of sp³-hybridized carbons (Fsp3) is 0.714. The normalized spacial score (nSPS) is 27.6. The highest BCUT2D eigenvalue weighted by Gasteiger charge is 2.45. The first-order valence-corrected chi connectivity index (χ1v) is 12.3. The number of ether oxygens (including phenoxy) is 2. The van der Waals surface area contributed by atoms with Crippen molar-refractivity contribution in [2.45, 2.75) is 44.2 Å². The van der Waals surface area contributed by atoms with E-state index in [1.54, 1.807) is 14.2 Å². The summed E-state index contributed by atoms with van der Waals surface area (Å²) < 4.78 is 38.9. The molecule has 3 heterocycles. The lowest BCUT2D eigenvalue weighted by Gasteiger charge is -2.51. The summed E-state index contributed by atoms with van der Waals surface area (Å²) in [7, 11) is 0.0603. The molecular formula is C21H33N3O4S. The van der Waals surface area contributed by atoms with Crippen molar-refractivity contribution in [3.05, 3.63) is 23.3 Å². The number of fused-ring (bicyclic) bond motifs is 4. The molecule has 1 aromatic carbocycles. The van der Waals surface area contributed by atoms with Crippen LogP contribution in [0.3, 0.4) is 0 Å². The summed E-state index contributed by atoms with van der Waals surface area (Å²) in [5.41, 5.74) is 8.13. The molecular weight excluding hydrogens is 390 g/mol. The van der Waals surface area contributed by atoms with Crippen LogP contribution >= 0.6 is 0 Å². The lowest BCUT2D eigenvalue weighted by molar-refractivity contribution is 0.0218. The van der Waals surface area contributed by atoms with Gasteiger partial charge in [0, 0.05) is 31.7 Å². The van der Waals surface area contributed by atoms with E-state index >= 15 is 0 Å². The highest BCUT2D eigenvalue weighted by Crippen LogP contribution is 2.46. The maximum Gasteiger partial charge on any atom is 0.214 e. The average molecular weight is 424 g/mol. The largest absolute Gasteiger partial charge is 0.493 e. The van der Waals surface area contributed by atoms with Crippen LogP contribution in [0.5, 0.6) is 11.5 Å². The molecule has 7 nitrogen and oxygen atoms in total. The van der Waals surface area contributed by atoms with Crippen molar-refractivity contribution in [3.63, 3.8) is 0 Å². The molecule has 3 atom stereocenters. The maximum atomic E-state index is 13.0. The van der Waals surface area contributed by atoms with Gasteiger partial charge in [-0.15, -0.1) is 0 Å². The predicted molar refractivity (Wildman–Crippen MR) is 113 cm³/mol. The molecule has 0 amide bonds. The van der Waals surface area contributed by atoms with Crippen LogP contribution in [0.4, 0.5) is 0 Å². The van der Waals surface area contributed by atoms with Crippen LogP contribution in [0.2, 0.25) is 0 Å². The van der Waals surface area contributed by atoms with Gasteiger partial charge in [0.1, 0.15) is 0 Å². The highest BCUT2D eigenvalue weighted by atomic mass is 32.2. The number of nitrogens with zero attached hydrogens (tertiary/aromatic N) is 2. The maximum absolute atomic E-state index is 13.0. The zero-order valence-electron chi connectivity index (χ0n) is 17.5. The topological polar surface area (TPSA) is 85.1 Å². The number of methoxy groups -OCH3 is 2. The molecule has 0 aliphatic carbocycles. The van der Waals surface area contributed by atoms with Crippen molar-refractivity contribution in [1.82, 2.24) is 9.21 Å². The Morgan fingerprint density at radius 3 is 2.66 bits per heavy atom. The summed E-state index contributed by atoms with van der Waals surface area (Å²) in [6.45, 7) is 3.02. The van der Waals surface area contributed by atoms with Gasteiger partial charge in [0.05, 0.1) is 20.0 Å². The fourth-order valence-corrected chi connectivity index (χ4v) is 7.30. The number of sulfonamides is 1. The van der Waals surface area contributed by atoms with Gasteiger partial charge in [-0.2, -0.15) is 4.31 Å². The molecule has 0 radical (unpaired) electrons. The molecule has 0 bridgehead atoms. The van der Waals surface area contributed by atoms with Crippen molar-refractivity contribution >= 4 is 10.0 Å². The summed E-state index contributed by atoms with van der Waals surface area (Å²) >= 11 is 0. The fourth-order valence-electron chi connectivity index (χ4n) is 5.46. The number of rotatable bonds is 6. The van der Waals surface area contributed by atoms with Gasteiger partial charge >= 0.3 is 0 Å². The molecule has 0 aromatic heterocycles. The number of nitrogens with two attached hydrogens (primary N) is 1. The molecule has 2 fully saturated rings. The molecule has 2 N–H and O–H groups in total. The van der Waals surface area contributed by atoms with E-state index in [9.17, 15) is 8.42 Å². The molecule has 0 spiro atoms. The van der Waals surface area contributed by atoms with E-state index in [4.69, 9.17) is 15.2 Å². The van der Waals surface area contributed by atoms with Gasteiger partial charge in [-0.25, -0.2) is 8.42 Å². The molecule has 0 saturated carbocycles. The Balaban J connectivity index is 1.64. The minimum Gasteiger partial charge on any atom is -0.493 e. The molecule has 3 aliphatic heterocycles. The summed E-state index contributed by atoms with van der Waals surface area (Å²) in [4.78, 5) is 2.55. The molecule has 2 saturated heterocycles. The van der Waals surface area contributed by atoms with Crippen LogP contribution in [0, 0.1) is 5.92 Å². The molecule has 29 heavy (non-hydrogen) atoms. The molecule has 1 aromatic rings. The third kappa shape index (κ3) is 3.87. The first kappa shape index (κ1) is 20.9. The van der Waals surface area contributed by atoms with E-state index < -0.39 is 10.0 Å². The number of piperidine rings is 2. The number of hydrogen-bond acceptors (Lipinski definition) is 6. The Kier molecular flexibility index (Phi) is 6.06. The average Bonchev–Trinajstić information content (AvgIpc) is 2.74. The predicted octanol–water partition coefficient (Wildman–Crippen LogP) is 1.77. The van der Waals surface area contributed by atoms with Crippen LogP contribution in [0.15, 0.2) is 12.1 Å². The summed E-state index contributed by atoms with van der Waals surface area (Å²) in [6, 6.07) is 4.49. The van der Waals surface area contributed by atoms with Gasteiger partial charge in [-0.3, -0.25) is 4.90 Å². The Morgan fingerprint density at radius 2 is 1.93 bits per heavy atom. The lowest BCUT2D eigenvalue weighted by Crippen LogP contribution is -2.57. The van der Waals surface area contributed by atoms with Crippen molar-refractivity contribution in [1.29, 1.82) is 0 Å². The third-order valence-electron chi connectivity index (χ3n) is 6.88. The number of hydrogen-bond donors (Lipinski definition) is 1. The first-order valence-electron chi connectivity index (χ1n) is 10.7. The Labute approximate surface area is 174 Å². The van der Waals surface area contributed by atoms with Gasteiger partial charge in [-0.05, 0) is 67.8 Å². The van der Waals surface area contributed by atoms with E-state index in [0.29, 0.717) is 25.4 Å². The second-order valence-electron chi connectivity index (χ2n) is 8.44. The van der Waals surface area contributed by atoms with Crippen molar-refractivity contribution in [2.75, 3.05) is 46.2 Å². The second kappa shape index (κ2) is 8.41. The van der Waals surface area contributed by atoms with Crippen LogP contribution < -0.4 is 15.2 Å². The van der Waals surface area contributed by atoms with E-state index in [1.807, 2.05) is 4.31 Å². The first-order chi connectivity index (χ1) is 14.0. The van der Waals surface area contributed by atoms with Crippen molar-refractivity contribution in [3.8, 4) is 11.5 Å². The molecule has 0 unspecified atom stereocenters. The van der Waals surface area contributed by atoms with Crippen LogP contribution in [0.1, 0.15) is 42.9 Å². The van der Waals surface area contributed by atoms with Gasteiger partial charge in [0.15, 0.2) is 11.5 Å². The van der Waals surface area contributed by atoms with Crippen LogP contribution in [-0.4, -0.2) is 69.8 Å². The minimum atomic E-state index is -3.26. The van der Waals surface area contributed by atoms with Gasteiger partial charge < -0.3 is 15.2 Å². The quantitative estimate of drug-likeness (QED) is 0.751. The highest BCUT2D eigenvalue weighted by molar-refractivity contribution is 7.89. The SMILES string of the molecule is COc1cc2c(cc1OC)[C@@H]1C[C@@H]3[C@@H](CCCN3S(=O)(=O)CCCN)CN1CC2. The molecule has 162 valence electrons. The summed E-state index contributed by atoms with van der Waals surface area (Å²) in [5.74, 6) is 2.07. The molecule has 8 heteroatoms. The van der Waals surface area contributed by atoms with Crippen molar-refractivity contribution < 1.29 is 17.9 Å². The van der Waals surface area contributed by atoms with Crippen LogP contribution in [-0.2, 0) is 16.4 Å². The standard InChI is InChI=1S/C21H33N3O4S/c1-27-20-11-15-6-9-23-14-16-5-3-8-24(29(25,26)10-4-7-22)18(16)13-19(23)17(15)12-21(20)28-2/h11-12,16,18-19H,3-10,13-14,22H2,1-2H3/t16-,18+,19-/m0/s1. The van der Waals surface area contributed by atoms with Crippen LogP contribution in [0.25, 0.3) is 0 Å². The van der Waals surface area contributed by atoms with E-state index in [0.717, 1.165) is 50.3 Å². The van der Waals surface area contributed by atoms with Gasteiger partial charge in [-0.1, -0.05) is 0 Å². The lowest BCUT2D eigenvalue weighted by atomic mass is 9.77. The Morgan fingerprint density at radius 1 is 1.17 bits per heavy atom. The summed E-state index contributed by atoms with van der Waals surface area (Å²) in [5, 5.41) is 0. The van der Waals surface area contributed by atoms with Crippen molar-refractivity contribution in [2.24, 2.45) is 11.7 Å². The minimum absolute atomic E-state index is 0.0758. The van der Waals surface area contributed by atoms with Gasteiger partial charge in [0.25, 0.3) is 0 Å². The van der Waals surface area contributed by atoms with E-state index in [2.05, 4.69) is 17.0 Å². The zero-order valence-corrected chi connectivity index (χ0v) is 18.3. The monoisotopic (exact) mass is 423 g/mol. The molecule has 4 rings (SSSR count). The third-order valence-corrected chi connectivity index (χ3v) is 8.85. The smallest absolute Gasteiger partial charge is 0.214 e. The second-order valence-corrected chi connectivity index (χ2v) is 10.5. The molecule has 3 aliphatic rings. The Bertz CT molecular complexity index is 845. The Hall–Kier alpha value is -1.35. The van der Waals surface area contributed by atoms with Gasteiger partial charge in [0.2, 0.25) is 10.0 Å². The van der Waals surface area contributed by atoms with E-state index in [-0.39, 0.29) is 17.8 Å². The van der Waals surface area contributed by atoms with E-state index in [1.165, 1.54) is 11.1 Å². The number of benzene rings is 1. The zero-order chi connectivity index (χ0) is 20.6. The summed E-state index contributed by atoms with van der Waals surface area (Å²) in [6.07, 6.45) is 4.40.